The van der Waals surface area contributed by atoms with Crippen LogP contribution in [0.15, 0.2) is 24.6 Å². The molecule has 0 heterocycles. The molecule has 146 valence electrons. The number of carbonyl (C=O) groups is 1. The van der Waals surface area contributed by atoms with Crippen molar-refractivity contribution < 1.29 is 9.90 Å². The second-order valence-electron chi connectivity index (χ2n) is 5.73. The predicted molar refractivity (Wildman–Crippen MR) is 117 cm³/mol. The molecule has 0 spiro atoms. The average Bonchev–Trinajstić information content (AvgIpc) is 2.59. The fraction of sp³-hybridized carbons (Fsp3) is 0.706. The molecule has 0 aromatic carbocycles. The van der Waals surface area contributed by atoms with Crippen molar-refractivity contribution in [3.63, 3.8) is 0 Å². The lowest BCUT2D eigenvalue weighted by molar-refractivity contribution is -0.123. The SMILES string of the molecule is C=C(N[C@H](CCSC)C(=O)N[C@@H](CCSC)C(=C)O)[C@H](N)CCSC. The minimum atomic E-state index is -0.433. The number of hydrogen-bond donors (Lipinski definition) is 4. The van der Waals surface area contributed by atoms with Gasteiger partial charge >= 0.3 is 0 Å². The molecule has 0 saturated carbocycles. The molecule has 0 fully saturated rings. The Balaban J connectivity index is 4.83. The van der Waals surface area contributed by atoms with Gasteiger partial charge in [-0.25, -0.2) is 0 Å². The minimum Gasteiger partial charge on any atom is -0.511 e. The van der Waals surface area contributed by atoms with Crippen LogP contribution < -0.4 is 16.4 Å². The third-order valence-electron chi connectivity index (χ3n) is 3.70. The number of hydrogen-bond acceptors (Lipinski definition) is 7. The van der Waals surface area contributed by atoms with Gasteiger partial charge in [-0.3, -0.25) is 4.79 Å². The predicted octanol–water partition coefficient (Wildman–Crippen LogP) is 2.60. The van der Waals surface area contributed by atoms with Crippen molar-refractivity contribution in [2.45, 2.75) is 37.4 Å². The zero-order valence-corrected chi connectivity index (χ0v) is 18.0. The lowest BCUT2D eigenvalue weighted by atomic mass is 10.1. The van der Waals surface area contributed by atoms with Crippen LogP contribution in [0.5, 0.6) is 0 Å². The van der Waals surface area contributed by atoms with Crippen LogP contribution >= 0.6 is 35.3 Å². The highest BCUT2D eigenvalue weighted by Crippen LogP contribution is 2.10. The van der Waals surface area contributed by atoms with E-state index in [0.29, 0.717) is 18.5 Å². The first-order chi connectivity index (χ1) is 11.9. The van der Waals surface area contributed by atoms with Gasteiger partial charge in [-0.1, -0.05) is 13.2 Å². The maximum atomic E-state index is 12.7. The van der Waals surface area contributed by atoms with Gasteiger partial charge in [-0.15, -0.1) is 0 Å². The van der Waals surface area contributed by atoms with Gasteiger partial charge in [0.05, 0.1) is 6.04 Å². The van der Waals surface area contributed by atoms with Gasteiger partial charge in [0.15, 0.2) is 0 Å². The Bertz CT molecular complexity index is 422. The number of aliphatic hydroxyl groups excluding tert-OH is 1. The molecule has 0 aromatic heterocycles. The molecule has 1 amide bonds. The number of nitrogens with two attached hydrogens (primary N) is 1. The summed E-state index contributed by atoms with van der Waals surface area (Å²) in [5.41, 5.74) is 6.81. The quantitative estimate of drug-likeness (QED) is 0.310. The van der Waals surface area contributed by atoms with E-state index in [9.17, 15) is 9.90 Å². The average molecular weight is 408 g/mol. The monoisotopic (exact) mass is 407 g/mol. The number of thioether (sulfide) groups is 3. The third-order valence-corrected chi connectivity index (χ3v) is 5.63. The Labute approximate surface area is 165 Å². The Kier molecular flexibility index (Phi) is 14.4. The summed E-state index contributed by atoms with van der Waals surface area (Å²) in [5.74, 6) is 2.45. The van der Waals surface area contributed by atoms with Crippen molar-refractivity contribution >= 4 is 41.2 Å². The molecule has 0 radical (unpaired) electrons. The van der Waals surface area contributed by atoms with E-state index in [1.54, 1.807) is 35.3 Å². The van der Waals surface area contributed by atoms with E-state index in [2.05, 4.69) is 23.8 Å². The molecule has 5 N–H and O–H groups in total. The fourth-order valence-corrected chi connectivity index (χ4v) is 3.52. The summed E-state index contributed by atoms with van der Waals surface area (Å²) in [6.07, 6.45) is 8.15. The summed E-state index contributed by atoms with van der Waals surface area (Å²) in [6, 6.07) is -1.04. The number of aliphatic hydroxyl groups is 1. The number of carbonyl (C=O) groups excluding carboxylic acids is 1. The summed E-state index contributed by atoms with van der Waals surface area (Å²) >= 11 is 5.08. The number of amides is 1. The zero-order chi connectivity index (χ0) is 19.2. The first-order valence-electron chi connectivity index (χ1n) is 8.23. The van der Waals surface area contributed by atoms with Crippen molar-refractivity contribution in [2.24, 2.45) is 5.73 Å². The van der Waals surface area contributed by atoms with Crippen LogP contribution in [0.3, 0.4) is 0 Å². The van der Waals surface area contributed by atoms with Gasteiger partial charge in [-0.05, 0) is 55.3 Å². The van der Waals surface area contributed by atoms with Crippen molar-refractivity contribution in [1.82, 2.24) is 10.6 Å². The first kappa shape index (κ1) is 24.6. The zero-order valence-electron chi connectivity index (χ0n) is 15.5. The van der Waals surface area contributed by atoms with Crippen LogP contribution in [-0.4, -0.2) is 65.2 Å². The van der Waals surface area contributed by atoms with Crippen molar-refractivity contribution in [3.05, 3.63) is 24.6 Å². The normalized spacial score (nSPS) is 14.4. The first-order valence-corrected chi connectivity index (χ1v) is 12.4. The summed E-state index contributed by atoms with van der Waals surface area (Å²) < 4.78 is 0. The van der Waals surface area contributed by atoms with Gasteiger partial charge in [-0.2, -0.15) is 35.3 Å². The smallest absolute Gasteiger partial charge is 0.243 e. The Hall–Kier alpha value is -0.440. The Morgan fingerprint density at radius 1 is 0.960 bits per heavy atom. The molecule has 0 aliphatic carbocycles. The molecule has 0 unspecified atom stereocenters. The summed E-state index contributed by atoms with van der Waals surface area (Å²) in [7, 11) is 0. The summed E-state index contributed by atoms with van der Waals surface area (Å²) in [4.78, 5) is 12.7. The molecule has 3 atom stereocenters. The van der Waals surface area contributed by atoms with E-state index < -0.39 is 12.1 Å². The van der Waals surface area contributed by atoms with E-state index in [0.717, 1.165) is 23.7 Å². The molecule has 0 aliphatic rings. The van der Waals surface area contributed by atoms with E-state index in [1.165, 1.54) is 0 Å². The molecule has 8 heteroatoms. The summed E-state index contributed by atoms with van der Waals surface area (Å²) in [5, 5.41) is 15.8. The van der Waals surface area contributed by atoms with Crippen molar-refractivity contribution in [3.8, 4) is 0 Å². The van der Waals surface area contributed by atoms with E-state index in [-0.39, 0.29) is 17.7 Å². The van der Waals surface area contributed by atoms with E-state index in [1.807, 2.05) is 18.8 Å². The van der Waals surface area contributed by atoms with Crippen molar-refractivity contribution in [1.29, 1.82) is 0 Å². The van der Waals surface area contributed by atoms with Gasteiger partial charge in [0.1, 0.15) is 11.8 Å². The van der Waals surface area contributed by atoms with Gasteiger partial charge in [0.2, 0.25) is 5.91 Å². The van der Waals surface area contributed by atoms with Crippen LogP contribution in [0.2, 0.25) is 0 Å². The van der Waals surface area contributed by atoms with Gasteiger partial charge < -0.3 is 21.5 Å². The molecule has 0 aliphatic heterocycles. The number of rotatable bonds is 15. The van der Waals surface area contributed by atoms with E-state index >= 15 is 0 Å². The Morgan fingerprint density at radius 2 is 1.44 bits per heavy atom. The topological polar surface area (TPSA) is 87.4 Å². The maximum Gasteiger partial charge on any atom is 0.243 e. The van der Waals surface area contributed by atoms with E-state index in [4.69, 9.17) is 5.73 Å². The minimum absolute atomic E-state index is 0.0125. The molecule has 25 heavy (non-hydrogen) atoms. The highest BCUT2D eigenvalue weighted by molar-refractivity contribution is 7.98. The van der Waals surface area contributed by atoms with Crippen LogP contribution in [0.25, 0.3) is 0 Å². The second-order valence-corrected chi connectivity index (χ2v) is 8.68. The second kappa shape index (κ2) is 14.7. The molecule has 0 rings (SSSR count). The standard InChI is InChI=1S/C17H33N3O2S3/c1-12(14(18)6-9-23-3)19-16(8-11-25-5)17(22)20-15(13(2)21)7-10-24-4/h14-16,19,21H,1-2,6-11,18H2,3-5H3,(H,20,22)/t14-,15+,16-/m1/s1. The molecular formula is C17H33N3O2S3. The van der Waals surface area contributed by atoms with Crippen LogP contribution in [0.4, 0.5) is 0 Å². The van der Waals surface area contributed by atoms with Crippen LogP contribution in [0, 0.1) is 0 Å². The molecule has 0 bridgehead atoms. The molecular weight excluding hydrogens is 374 g/mol. The van der Waals surface area contributed by atoms with Gasteiger partial charge in [0.25, 0.3) is 0 Å². The highest BCUT2D eigenvalue weighted by Gasteiger charge is 2.23. The molecule has 0 saturated heterocycles. The summed E-state index contributed by atoms with van der Waals surface area (Å²) in [6.45, 7) is 7.57. The van der Waals surface area contributed by atoms with Crippen LogP contribution in [0.1, 0.15) is 19.3 Å². The lowest BCUT2D eigenvalue weighted by Gasteiger charge is -2.26. The number of nitrogens with one attached hydrogen (secondary N) is 2. The van der Waals surface area contributed by atoms with Crippen molar-refractivity contribution in [2.75, 3.05) is 36.0 Å². The molecule has 0 aromatic rings. The highest BCUT2D eigenvalue weighted by atomic mass is 32.2. The van der Waals surface area contributed by atoms with Crippen LogP contribution in [-0.2, 0) is 4.79 Å². The Morgan fingerprint density at radius 3 is 1.92 bits per heavy atom. The van der Waals surface area contributed by atoms with Gasteiger partial charge in [0, 0.05) is 11.7 Å². The molecule has 5 nitrogen and oxygen atoms in total. The fourth-order valence-electron chi connectivity index (χ4n) is 2.08. The maximum absolute atomic E-state index is 12.7. The largest absolute Gasteiger partial charge is 0.511 e. The lowest BCUT2D eigenvalue weighted by Crippen LogP contribution is -2.50. The third kappa shape index (κ3) is 11.0.